The Kier molecular flexibility index (Phi) is 3.33. The van der Waals surface area contributed by atoms with Gasteiger partial charge in [-0.3, -0.25) is 4.79 Å². The molecule has 0 amide bonds. The molecule has 2 fully saturated rings. The van der Waals surface area contributed by atoms with Crippen LogP contribution in [0.3, 0.4) is 0 Å². The lowest BCUT2D eigenvalue weighted by Crippen LogP contribution is -2.37. The number of aryl methyl sites for hydroxylation is 1. The van der Waals surface area contributed by atoms with Gasteiger partial charge in [0.05, 0.1) is 19.8 Å². The number of nitrogens with zero attached hydrogens (tertiary/aromatic N) is 4. The van der Waals surface area contributed by atoms with Crippen LogP contribution in [-0.4, -0.2) is 55.1 Å². The summed E-state index contributed by atoms with van der Waals surface area (Å²) >= 11 is 0. The number of hydrogen-bond acceptors (Lipinski definition) is 6. The molecule has 0 N–H and O–H groups in total. The molecule has 0 radical (unpaired) electrons. The first-order valence-electron chi connectivity index (χ1n) is 6.67. The third-order valence-corrected chi connectivity index (χ3v) is 3.50. The number of rotatable bonds is 2. The van der Waals surface area contributed by atoms with Crippen molar-refractivity contribution in [3.05, 3.63) is 11.9 Å². The maximum atomic E-state index is 11.4. The maximum absolute atomic E-state index is 11.4. The van der Waals surface area contributed by atoms with Crippen LogP contribution in [0.5, 0.6) is 0 Å². The Morgan fingerprint density at radius 1 is 1.11 bits per heavy atom. The van der Waals surface area contributed by atoms with Gasteiger partial charge in [-0.15, -0.1) is 0 Å². The molecular formula is C13H18N4O2. The predicted molar refractivity (Wildman–Crippen MR) is 71.6 cm³/mol. The lowest BCUT2D eigenvalue weighted by Gasteiger charge is -2.28. The van der Waals surface area contributed by atoms with Crippen molar-refractivity contribution in [3.63, 3.8) is 0 Å². The first-order valence-corrected chi connectivity index (χ1v) is 6.67. The van der Waals surface area contributed by atoms with Gasteiger partial charge < -0.3 is 14.5 Å². The van der Waals surface area contributed by atoms with Crippen molar-refractivity contribution in [2.45, 2.75) is 13.3 Å². The van der Waals surface area contributed by atoms with E-state index in [9.17, 15) is 4.79 Å². The Balaban J connectivity index is 1.85. The molecule has 1 aromatic heterocycles. The minimum absolute atomic E-state index is 0.282. The van der Waals surface area contributed by atoms with Gasteiger partial charge >= 0.3 is 0 Å². The zero-order valence-corrected chi connectivity index (χ0v) is 11.1. The average molecular weight is 262 g/mol. The number of Topliss-reactive ketones (excluding diaryl/α,β-unsaturated/α-hetero) is 1. The fraction of sp³-hybridized carbons (Fsp3) is 0.615. The van der Waals surface area contributed by atoms with Crippen LogP contribution in [0.2, 0.25) is 0 Å². The Hall–Kier alpha value is -1.69. The minimum Gasteiger partial charge on any atom is -0.378 e. The topological polar surface area (TPSA) is 58.6 Å². The third kappa shape index (κ3) is 2.68. The Labute approximate surface area is 112 Å². The van der Waals surface area contributed by atoms with Crippen molar-refractivity contribution in [1.29, 1.82) is 0 Å². The number of aromatic nitrogens is 2. The van der Waals surface area contributed by atoms with Gasteiger partial charge in [0.2, 0.25) is 0 Å². The molecule has 6 heteroatoms. The molecule has 6 nitrogen and oxygen atoms in total. The molecular weight excluding hydrogens is 244 g/mol. The molecule has 0 unspecified atom stereocenters. The van der Waals surface area contributed by atoms with Crippen LogP contribution in [0.15, 0.2) is 6.07 Å². The highest BCUT2D eigenvalue weighted by atomic mass is 16.5. The molecule has 0 aromatic carbocycles. The summed E-state index contributed by atoms with van der Waals surface area (Å²) < 4.78 is 5.36. The Bertz CT molecular complexity index is 486. The first-order chi connectivity index (χ1) is 9.22. The monoisotopic (exact) mass is 262 g/mol. The van der Waals surface area contributed by atoms with E-state index in [0.717, 1.165) is 50.3 Å². The van der Waals surface area contributed by atoms with Gasteiger partial charge in [-0.05, 0) is 6.92 Å². The van der Waals surface area contributed by atoms with E-state index in [1.54, 1.807) is 0 Å². The van der Waals surface area contributed by atoms with Crippen molar-refractivity contribution >= 4 is 17.4 Å². The van der Waals surface area contributed by atoms with Crippen LogP contribution < -0.4 is 9.80 Å². The molecule has 1 aromatic rings. The second-order valence-electron chi connectivity index (χ2n) is 4.94. The fourth-order valence-corrected chi connectivity index (χ4v) is 2.48. The second kappa shape index (κ2) is 5.13. The number of morpholine rings is 1. The van der Waals surface area contributed by atoms with Crippen LogP contribution in [0.25, 0.3) is 0 Å². The molecule has 3 heterocycles. The molecule has 19 heavy (non-hydrogen) atoms. The zero-order chi connectivity index (χ0) is 13.2. The Morgan fingerprint density at radius 2 is 1.79 bits per heavy atom. The molecule has 0 saturated carbocycles. The van der Waals surface area contributed by atoms with Crippen LogP contribution >= 0.6 is 0 Å². The van der Waals surface area contributed by atoms with E-state index in [1.807, 2.05) is 17.9 Å². The van der Waals surface area contributed by atoms with Crippen molar-refractivity contribution in [3.8, 4) is 0 Å². The maximum Gasteiger partial charge on any atom is 0.153 e. The van der Waals surface area contributed by atoms with E-state index >= 15 is 0 Å². The molecule has 2 aliphatic heterocycles. The van der Waals surface area contributed by atoms with Crippen molar-refractivity contribution in [2.24, 2.45) is 0 Å². The van der Waals surface area contributed by atoms with Crippen LogP contribution in [0.1, 0.15) is 12.2 Å². The highest BCUT2D eigenvalue weighted by Crippen LogP contribution is 2.22. The molecule has 0 atom stereocenters. The highest BCUT2D eigenvalue weighted by Gasteiger charge is 2.22. The molecule has 0 bridgehead atoms. The number of carbonyl (C=O) groups is 1. The molecule has 2 aliphatic rings. The lowest BCUT2D eigenvalue weighted by molar-refractivity contribution is -0.116. The standard InChI is InChI=1S/C13H18N4O2/c1-10-14-12(16-4-6-19-7-5-16)8-13(15-10)17-3-2-11(18)9-17/h8H,2-7,9H2,1H3. The van der Waals surface area contributed by atoms with Gasteiger partial charge in [-0.2, -0.15) is 0 Å². The second-order valence-corrected chi connectivity index (χ2v) is 4.94. The van der Waals surface area contributed by atoms with Crippen molar-refractivity contribution in [2.75, 3.05) is 49.2 Å². The fourth-order valence-electron chi connectivity index (χ4n) is 2.48. The summed E-state index contributed by atoms with van der Waals surface area (Å²) in [7, 11) is 0. The quantitative estimate of drug-likeness (QED) is 0.769. The first kappa shape index (κ1) is 12.3. The van der Waals surface area contributed by atoms with E-state index in [-0.39, 0.29) is 5.78 Å². The number of hydrogen-bond donors (Lipinski definition) is 0. The molecule has 0 aliphatic carbocycles. The van der Waals surface area contributed by atoms with E-state index in [0.29, 0.717) is 13.0 Å². The average Bonchev–Trinajstić information content (AvgIpc) is 2.86. The molecule has 2 saturated heterocycles. The summed E-state index contributed by atoms with van der Waals surface area (Å²) in [5.74, 6) is 2.83. The van der Waals surface area contributed by atoms with Crippen molar-refractivity contribution in [1.82, 2.24) is 9.97 Å². The summed E-state index contributed by atoms with van der Waals surface area (Å²) in [6.45, 7) is 6.31. The summed E-state index contributed by atoms with van der Waals surface area (Å²) in [4.78, 5) is 24.6. The number of ketones is 1. The molecule has 102 valence electrons. The lowest BCUT2D eigenvalue weighted by atomic mass is 10.3. The summed E-state index contributed by atoms with van der Waals surface area (Å²) in [6, 6.07) is 1.98. The number of ether oxygens (including phenoxy) is 1. The van der Waals surface area contributed by atoms with E-state index in [2.05, 4.69) is 14.9 Å². The van der Waals surface area contributed by atoms with Gasteiger partial charge in [0.15, 0.2) is 5.78 Å². The third-order valence-electron chi connectivity index (χ3n) is 3.50. The zero-order valence-electron chi connectivity index (χ0n) is 11.1. The summed E-state index contributed by atoms with van der Waals surface area (Å²) in [5.41, 5.74) is 0. The summed E-state index contributed by atoms with van der Waals surface area (Å²) in [6.07, 6.45) is 0.621. The smallest absolute Gasteiger partial charge is 0.153 e. The molecule has 3 rings (SSSR count). The largest absolute Gasteiger partial charge is 0.378 e. The van der Waals surface area contributed by atoms with Gasteiger partial charge in [-0.1, -0.05) is 0 Å². The normalized spacial score (nSPS) is 20.2. The van der Waals surface area contributed by atoms with Gasteiger partial charge in [-0.25, -0.2) is 9.97 Å². The predicted octanol–water partition coefficient (Wildman–Crippen LogP) is 0.401. The van der Waals surface area contributed by atoms with Gasteiger partial charge in [0.25, 0.3) is 0 Å². The van der Waals surface area contributed by atoms with E-state index < -0.39 is 0 Å². The number of anilines is 2. The molecule has 0 spiro atoms. The van der Waals surface area contributed by atoms with E-state index in [4.69, 9.17) is 4.74 Å². The summed E-state index contributed by atoms with van der Waals surface area (Å²) in [5, 5.41) is 0. The van der Waals surface area contributed by atoms with Gasteiger partial charge in [0.1, 0.15) is 17.5 Å². The van der Waals surface area contributed by atoms with Gasteiger partial charge in [0, 0.05) is 32.1 Å². The minimum atomic E-state index is 0.282. The number of carbonyl (C=O) groups excluding carboxylic acids is 1. The van der Waals surface area contributed by atoms with Crippen LogP contribution in [0, 0.1) is 6.92 Å². The van der Waals surface area contributed by atoms with Crippen molar-refractivity contribution < 1.29 is 9.53 Å². The SMILES string of the molecule is Cc1nc(N2CCOCC2)cc(N2CCC(=O)C2)n1. The van der Waals surface area contributed by atoms with E-state index in [1.165, 1.54) is 0 Å². The van der Waals surface area contributed by atoms with Crippen LogP contribution in [0.4, 0.5) is 11.6 Å². The highest BCUT2D eigenvalue weighted by molar-refractivity contribution is 5.86. The van der Waals surface area contributed by atoms with Crippen LogP contribution in [-0.2, 0) is 9.53 Å². The Morgan fingerprint density at radius 3 is 2.42 bits per heavy atom.